The normalized spacial score (nSPS) is 10.2. The van der Waals surface area contributed by atoms with Gasteiger partial charge in [0.25, 0.3) is 0 Å². The molecular formula is C17H20N2O2. The van der Waals surface area contributed by atoms with E-state index in [4.69, 9.17) is 10.5 Å². The highest BCUT2D eigenvalue weighted by Crippen LogP contribution is 2.19. The first-order valence-electron chi connectivity index (χ1n) is 6.90. The van der Waals surface area contributed by atoms with E-state index >= 15 is 0 Å². The molecule has 3 N–H and O–H groups in total. The summed E-state index contributed by atoms with van der Waals surface area (Å²) in [4.78, 5) is 11.8. The quantitative estimate of drug-likeness (QED) is 0.828. The summed E-state index contributed by atoms with van der Waals surface area (Å²) in [5.41, 5.74) is 9.21. The van der Waals surface area contributed by atoms with Gasteiger partial charge in [-0.25, -0.2) is 0 Å². The zero-order chi connectivity index (χ0) is 15.2. The molecule has 0 radical (unpaired) electrons. The Kier molecular flexibility index (Phi) is 4.82. The number of carbonyl (C=O) groups excluding carboxylic acids is 1. The molecule has 0 unspecified atom stereocenters. The van der Waals surface area contributed by atoms with Gasteiger partial charge in [0, 0.05) is 11.4 Å². The lowest BCUT2D eigenvalue weighted by atomic mass is 10.1. The van der Waals surface area contributed by atoms with Gasteiger partial charge in [0.1, 0.15) is 5.75 Å². The summed E-state index contributed by atoms with van der Waals surface area (Å²) >= 11 is 0. The molecule has 2 rings (SSSR count). The average molecular weight is 284 g/mol. The third kappa shape index (κ3) is 4.53. The van der Waals surface area contributed by atoms with Crippen LogP contribution < -0.4 is 15.8 Å². The monoisotopic (exact) mass is 284 g/mol. The standard InChI is InChI=1S/C17H20N2O2/c1-12-3-4-13(2)16(11-12)21-10-9-17(20)19-15-7-5-14(18)6-8-15/h3-8,11H,9-10,18H2,1-2H3,(H,19,20). The maximum Gasteiger partial charge on any atom is 0.227 e. The maximum atomic E-state index is 11.8. The number of nitrogens with one attached hydrogen (secondary N) is 1. The number of anilines is 2. The fraction of sp³-hybridized carbons (Fsp3) is 0.235. The third-order valence-electron chi connectivity index (χ3n) is 3.12. The zero-order valence-corrected chi connectivity index (χ0v) is 12.3. The minimum absolute atomic E-state index is 0.0786. The fourth-order valence-electron chi connectivity index (χ4n) is 1.91. The molecule has 0 aliphatic rings. The first kappa shape index (κ1) is 14.9. The van der Waals surface area contributed by atoms with Gasteiger partial charge in [-0.3, -0.25) is 4.79 Å². The summed E-state index contributed by atoms with van der Waals surface area (Å²) in [5, 5.41) is 2.81. The van der Waals surface area contributed by atoms with Crippen LogP contribution in [0.25, 0.3) is 0 Å². The molecule has 0 spiro atoms. The van der Waals surface area contributed by atoms with E-state index in [0.29, 0.717) is 18.7 Å². The summed E-state index contributed by atoms with van der Waals surface area (Å²) in [7, 11) is 0. The summed E-state index contributed by atoms with van der Waals surface area (Å²) in [6.45, 7) is 4.36. The maximum absolute atomic E-state index is 11.8. The van der Waals surface area contributed by atoms with Crippen molar-refractivity contribution in [2.24, 2.45) is 0 Å². The van der Waals surface area contributed by atoms with Gasteiger partial charge in [0.05, 0.1) is 13.0 Å². The van der Waals surface area contributed by atoms with Gasteiger partial charge in [0.2, 0.25) is 5.91 Å². The summed E-state index contributed by atoms with van der Waals surface area (Å²) in [5.74, 6) is 0.750. The van der Waals surface area contributed by atoms with Crippen molar-refractivity contribution in [3.05, 3.63) is 53.6 Å². The predicted molar refractivity (Wildman–Crippen MR) is 85.5 cm³/mol. The number of nitrogen functional groups attached to an aromatic ring is 1. The molecule has 4 nitrogen and oxygen atoms in total. The molecule has 0 aliphatic heterocycles. The predicted octanol–water partition coefficient (Wildman–Crippen LogP) is 3.29. The van der Waals surface area contributed by atoms with Gasteiger partial charge < -0.3 is 15.8 Å². The second-order valence-corrected chi connectivity index (χ2v) is 5.04. The van der Waals surface area contributed by atoms with Crippen molar-refractivity contribution >= 4 is 17.3 Å². The Hall–Kier alpha value is -2.49. The van der Waals surface area contributed by atoms with E-state index in [9.17, 15) is 4.79 Å². The molecule has 0 saturated carbocycles. The summed E-state index contributed by atoms with van der Waals surface area (Å²) in [6, 6.07) is 13.1. The van der Waals surface area contributed by atoms with E-state index < -0.39 is 0 Å². The molecule has 21 heavy (non-hydrogen) atoms. The molecule has 2 aromatic carbocycles. The number of rotatable bonds is 5. The molecule has 0 fully saturated rings. The Labute approximate surface area is 124 Å². The average Bonchev–Trinajstić information content (AvgIpc) is 2.45. The summed E-state index contributed by atoms with van der Waals surface area (Å²) in [6.07, 6.45) is 0.303. The third-order valence-corrected chi connectivity index (χ3v) is 3.12. The van der Waals surface area contributed by atoms with Crippen molar-refractivity contribution in [1.29, 1.82) is 0 Å². The first-order valence-corrected chi connectivity index (χ1v) is 6.90. The van der Waals surface area contributed by atoms with Gasteiger partial charge in [-0.2, -0.15) is 0 Å². The Morgan fingerprint density at radius 3 is 2.57 bits per heavy atom. The van der Waals surface area contributed by atoms with E-state index in [1.54, 1.807) is 24.3 Å². The molecule has 0 atom stereocenters. The lowest BCUT2D eigenvalue weighted by molar-refractivity contribution is -0.116. The molecular weight excluding hydrogens is 264 g/mol. The first-order chi connectivity index (χ1) is 10.0. The van der Waals surface area contributed by atoms with Crippen LogP contribution in [0.4, 0.5) is 11.4 Å². The number of benzene rings is 2. The molecule has 2 aromatic rings. The second kappa shape index (κ2) is 6.79. The van der Waals surface area contributed by atoms with Gasteiger partial charge >= 0.3 is 0 Å². The van der Waals surface area contributed by atoms with Crippen LogP contribution in [-0.2, 0) is 4.79 Å². The number of aryl methyl sites for hydroxylation is 2. The van der Waals surface area contributed by atoms with Crippen LogP contribution in [0.2, 0.25) is 0 Å². The molecule has 0 saturated heterocycles. The number of hydrogen-bond donors (Lipinski definition) is 2. The van der Waals surface area contributed by atoms with E-state index in [2.05, 4.69) is 5.32 Å². The summed E-state index contributed by atoms with van der Waals surface area (Å²) < 4.78 is 5.66. The van der Waals surface area contributed by atoms with Crippen LogP contribution in [0.15, 0.2) is 42.5 Å². The molecule has 1 amide bonds. The Morgan fingerprint density at radius 1 is 1.14 bits per heavy atom. The van der Waals surface area contributed by atoms with Gasteiger partial charge in [0.15, 0.2) is 0 Å². The number of carbonyl (C=O) groups is 1. The van der Waals surface area contributed by atoms with Gasteiger partial charge in [-0.1, -0.05) is 12.1 Å². The second-order valence-electron chi connectivity index (χ2n) is 5.04. The van der Waals surface area contributed by atoms with Gasteiger partial charge in [-0.05, 0) is 55.3 Å². The molecule has 0 aliphatic carbocycles. The fourth-order valence-corrected chi connectivity index (χ4v) is 1.91. The Bertz CT molecular complexity index is 621. The largest absolute Gasteiger partial charge is 0.493 e. The smallest absolute Gasteiger partial charge is 0.227 e. The van der Waals surface area contributed by atoms with Crippen molar-refractivity contribution in [2.75, 3.05) is 17.7 Å². The lowest BCUT2D eigenvalue weighted by Gasteiger charge is -2.10. The molecule has 4 heteroatoms. The number of nitrogens with two attached hydrogens (primary N) is 1. The van der Waals surface area contributed by atoms with E-state index in [1.807, 2.05) is 32.0 Å². The highest BCUT2D eigenvalue weighted by molar-refractivity contribution is 5.90. The van der Waals surface area contributed by atoms with Crippen LogP contribution >= 0.6 is 0 Å². The van der Waals surface area contributed by atoms with E-state index in [1.165, 1.54) is 0 Å². The van der Waals surface area contributed by atoms with Crippen LogP contribution in [-0.4, -0.2) is 12.5 Å². The van der Waals surface area contributed by atoms with Crippen molar-refractivity contribution in [3.63, 3.8) is 0 Å². The SMILES string of the molecule is Cc1ccc(C)c(OCCC(=O)Nc2ccc(N)cc2)c1. The zero-order valence-electron chi connectivity index (χ0n) is 12.3. The minimum atomic E-state index is -0.0786. The molecule has 0 aromatic heterocycles. The minimum Gasteiger partial charge on any atom is -0.493 e. The van der Waals surface area contributed by atoms with Crippen molar-refractivity contribution in [2.45, 2.75) is 20.3 Å². The topological polar surface area (TPSA) is 64.3 Å². The highest BCUT2D eigenvalue weighted by Gasteiger charge is 2.04. The van der Waals surface area contributed by atoms with Crippen molar-refractivity contribution < 1.29 is 9.53 Å². The van der Waals surface area contributed by atoms with Gasteiger partial charge in [-0.15, -0.1) is 0 Å². The Morgan fingerprint density at radius 2 is 1.86 bits per heavy atom. The van der Waals surface area contributed by atoms with Crippen molar-refractivity contribution in [1.82, 2.24) is 0 Å². The van der Waals surface area contributed by atoms with Crippen LogP contribution in [0, 0.1) is 13.8 Å². The molecule has 0 bridgehead atoms. The highest BCUT2D eigenvalue weighted by atomic mass is 16.5. The lowest BCUT2D eigenvalue weighted by Crippen LogP contribution is -2.15. The molecule has 0 heterocycles. The number of ether oxygens (including phenoxy) is 1. The van der Waals surface area contributed by atoms with Crippen LogP contribution in [0.5, 0.6) is 5.75 Å². The number of hydrogen-bond acceptors (Lipinski definition) is 3. The van der Waals surface area contributed by atoms with Crippen LogP contribution in [0.1, 0.15) is 17.5 Å². The van der Waals surface area contributed by atoms with E-state index in [0.717, 1.165) is 22.6 Å². The van der Waals surface area contributed by atoms with E-state index in [-0.39, 0.29) is 5.91 Å². The van der Waals surface area contributed by atoms with Crippen molar-refractivity contribution in [3.8, 4) is 5.75 Å². The molecule has 110 valence electrons. The number of amides is 1. The Balaban J connectivity index is 1.81. The van der Waals surface area contributed by atoms with Crippen LogP contribution in [0.3, 0.4) is 0 Å².